The molecule has 16 heavy (non-hydrogen) atoms. The molecule has 0 amide bonds. The second-order valence-corrected chi connectivity index (χ2v) is 1.92. The van der Waals surface area contributed by atoms with Crippen LogP contribution >= 0.6 is 0 Å². The van der Waals surface area contributed by atoms with Crippen molar-refractivity contribution in [2.75, 3.05) is 26.8 Å². The molecule has 0 saturated heterocycles. The topological polar surface area (TPSA) is 89.1 Å². The van der Waals surface area contributed by atoms with Crippen LogP contribution in [0.1, 0.15) is 6.92 Å². The first kappa shape index (κ1) is 24.7. The summed E-state index contributed by atoms with van der Waals surface area (Å²) in [5.41, 5.74) is 6.80. The van der Waals surface area contributed by atoms with Crippen molar-refractivity contribution in [2.24, 2.45) is 0 Å². The minimum absolute atomic E-state index is 0. The van der Waals surface area contributed by atoms with E-state index in [4.69, 9.17) is 21.0 Å². The Morgan fingerprint density at radius 2 is 2.00 bits per heavy atom. The summed E-state index contributed by atoms with van der Waals surface area (Å²) in [5, 5.41) is 17.3. The van der Waals surface area contributed by atoms with E-state index in [2.05, 4.69) is 18.2 Å². The van der Waals surface area contributed by atoms with E-state index in [-0.39, 0.29) is 39.3 Å². The van der Waals surface area contributed by atoms with E-state index in [1.54, 1.807) is 6.92 Å². The minimum atomic E-state index is -0.0474. The fourth-order valence-corrected chi connectivity index (χ4v) is 0.496. The standard InChI is InChI=1S/C6H13N2O2.C2H5N.C2H2.Y/c1-10-6(2-5-9)8-4-3-7;1-2-3;1-2;/h2,7-9H,3-5H2,1H3;2-3H,1H3;1-2H;/q-1;;;/b6-2-;;;. The van der Waals surface area contributed by atoms with Crippen LogP contribution < -0.4 is 5.32 Å². The van der Waals surface area contributed by atoms with Crippen molar-refractivity contribution in [2.45, 2.75) is 6.92 Å². The average molecular weight is 303 g/mol. The van der Waals surface area contributed by atoms with E-state index in [1.807, 2.05) is 0 Å². The molecule has 0 unspecified atom stereocenters. The molecule has 0 fully saturated rings. The summed E-state index contributed by atoms with van der Waals surface area (Å²) in [7, 11) is 1.51. The van der Waals surface area contributed by atoms with Crippen molar-refractivity contribution in [3.8, 4) is 12.8 Å². The van der Waals surface area contributed by atoms with Crippen LogP contribution in [-0.4, -0.2) is 38.1 Å². The Morgan fingerprint density at radius 3 is 2.25 bits per heavy atom. The SMILES string of the molecule is C#C.CC=N.CO/C(=C\CO)NCC[NH-].[Y]. The first-order valence-electron chi connectivity index (χ1n) is 4.28. The summed E-state index contributed by atoms with van der Waals surface area (Å²) < 4.78 is 4.80. The maximum Gasteiger partial charge on any atom is 0.184 e. The Hall–Kier alpha value is -0.406. The van der Waals surface area contributed by atoms with Crippen molar-refractivity contribution in [1.29, 1.82) is 5.41 Å². The summed E-state index contributed by atoms with van der Waals surface area (Å²) >= 11 is 0. The van der Waals surface area contributed by atoms with Crippen molar-refractivity contribution in [3.63, 3.8) is 0 Å². The van der Waals surface area contributed by atoms with Gasteiger partial charge in [0.05, 0.1) is 13.7 Å². The second-order valence-electron chi connectivity index (χ2n) is 1.92. The predicted octanol–water partition coefficient (Wildman–Crippen LogP) is 1.01. The van der Waals surface area contributed by atoms with Gasteiger partial charge in [0.25, 0.3) is 0 Å². The molecule has 6 heteroatoms. The number of rotatable bonds is 5. The smallest absolute Gasteiger partial charge is 0.184 e. The largest absolute Gasteiger partial charge is 0.676 e. The number of methoxy groups -OCH3 is 1. The molecule has 0 aromatic rings. The van der Waals surface area contributed by atoms with Crippen molar-refractivity contribution >= 4 is 6.21 Å². The van der Waals surface area contributed by atoms with E-state index in [9.17, 15) is 0 Å². The number of aliphatic hydroxyl groups excluding tert-OH is 1. The van der Waals surface area contributed by atoms with Gasteiger partial charge in [-0.1, -0.05) is 0 Å². The van der Waals surface area contributed by atoms with E-state index < -0.39 is 0 Å². The Morgan fingerprint density at radius 1 is 1.56 bits per heavy atom. The van der Waals surface area contributed by atoms with E-state index >= 15 is 0 Å². The van der Waals surface area contributed by atoms with Gasteiger partial charge in [0.1, 0.15) is 0 Å². The fourth-order valence-electron chi connectivity index (χ4n) is 0.496. The van der Waals surface area contributed by atoms with E-state index in [0.29, 0.717) is 19.0 Å². The van der Waals surface area contributed by atoms with Gasteiger partial charge in [0.2, 0.25) is 0 Å². The van der Waals surface area contributed by atoms with Gasteiger partial charge in [0.15, 0.2) is 5.88 Å². The Labute approximate surface area is 123 Å². The molecule has 0 aliphatic rings. The molecule has 0 heterocycles. The van der Waals surface area contributed by atoms with Crippen molar-refractivity contribution in [3.05, 3.63) is 17.7 Å². The molecular weight excluding hydrogens is 283 g/mol. The zero-order chi connectivity index (χ0) is 12.5. The molecule has 0 aliphatic heterocycles. The molecule has 91 valence electrons. The van der Waals surface area contributed by atoms with Gasteiger partial charge in [-0.15, -0.1) is 19.4 Å². The molecule has 0 rings (SSSR count). The van der Waals surface area contributed by atoms with Gasteiger partial charge in [-0.05, 0) is 19.7 Å². The van der Waals surface area contributed by atoms with Gasteiger partial charge >= 0.3 is 0 Å². The van der Waals surface area contributed by atoms with Crippen molar-refractivity contribution < 1.29 is 42.6 Å². The summed E-state index contributed by atoms with van der Waals surface area (Å²) in [5.74, 6) is 0.523. The van der Waals surface area contributed by atoms with Gasteiger partial charge in [0, 0.05) is 38.8 Å². The molecule has 5 nitrogen and oxygen atoms in total. The number of hydrogen-bond acceptors (Lipinski definition) is 4. The third-order valence-corrected chi connectivity index (χ3v) is 0.921. The quantitative estimate of drug-likeness (QED) is 0.402. The fraction of sp³-hybridized carbons (Fsp3) is 0.500. The van der Waals surface area contributed by atoms with Gasteiger partial charge in [-0.3, -0.25) is 0 Å². The van der Waals surface area contributed by atoms with E-state index in [0.717, 1.165) is 0 Å². The second kappa shape index (κ2) is 29.3. The Balaban J connectivity index is -0.000000104. The molecule has 0 saturated carbocycles. The van der Waals surface area contributed by atoms with Gasteiger partial charge in [-0.25, -0.2) is 0 Å². The predicted molar refractivity (Wildman–Crippen MR) is 63.7 cm³/mol. The monoisotopic (exact) mass is 303 g/mol. The average Bonchev–Trinajstić information content (AvgIpc) is 2.28. The van der Waals surface area contributed by atoms with Crippen LogP contribution in [0.2, 0.25) is 0 Å². The van der Waals surface area contributed by atoms with Crippen LogP contribution in [-0.2, 0) is 37.4 Å². The van der Waals surface area contributed by atoms with Crippen LogP contribution in [0.3, 0.4) is 0 Å². The molecule has 0 aromatic carbocycles. The molecule has 0 bridgehead atoms. The van der Waals surface area contributed by atoms with Gasteiger partial charge < -0.3 is 26.3 Å². The summed E-state index contributed by atoms with van der Waals surface area (Å²) in [6.07, 6.45) is 10.8. The number of aliphatic hydroxyl groups is 1. The molecule has 0 atom stereocenters. The van der Waals surface area contributed by atoms with Crippen LogP contribution in [0.4, 0.5) is 0 Å². The van der Waals surface area contributed by atoms with Crippen molar-refractivity contribution in [1.82, 2.24) is 5.32 Å². The Kier molecular flexibility index (Phi) is 45.2. The zero-order valence-electron chi connectivity index (χ0n) is 9.86. The maximum absolute atomic E-state index is 8.42. The molecule has 0 spiro atoms. The first-order chi connectivity index (χ1) is 7.26. The third-order valence-electron chi connectivity index (χ3n) is 0.921. The van der Waals surface area contributed by atoms with Crippen LogP contribution in [0.15, 0.2) is 12.0 Å². The number of hydrogen-bond donors (Lipinski definition) is 3. The first-order valence-corrected chi connectivity index (χ1v) is 4.28. The maximum atomic E-state index is 8.42. The molecule has 1 radical (unpaired) electrons. The third kappa shape index (κ3) is 29.2. The number of terminal acetylenes is 1. The molecule has 4 N–H and O–H groups in total. The van der Waals surface area contributed by atoms with Crippen LogP contribution in [0.25, 0.3) is 5.73 Å². The van der Waals surface area contributed by atoms with E-state index in [1.165, 1.54) is 19.4 Å². The Bertz CT molecular complexity index is 173. The van der Waals surface area contributed by atoms with Crippen LogP contribution in [0, 0.1) is 18.3 Å². The van der Waals surface area contributed by atoms with Crippen LogP contribution in [0.5, 0.6) is 0 Å². The summed E-state index contributed by atoms with van der Waals surface area (Å²) in [6, 6.07) is 0. The minimum Gasteiger partial charge on any atom is -0.676 e. The summed E-state index contributed by atoms with van der Waals surface area (Å²) in [4.78, 5) is 0. The zero-order valence-corrected chi connectivity index (χ0v) is 12.7. The molecule has 0 aliphatic carbocycles. The summed E-state index contributed by atoms with van der Waals surface area (Å²) in [6.45, 7) is 2.46. The van der Waals surface area contributed by atoms with Gasteiger partial charge in [-0.2, -0.15) is 0 Å². The molecular formula is C10H20N3O2Y-. The number of ether oxygens (including phenoxy) is 1. The normalized spacial score (nSPS) is 8.00. The molecule has 0 aromatic heterocycles. The number of nitrogens with one attached hydrogen (secondary N) is 3.